The Morgan fingerprint density at radius 2 is 2.10 bits per heavy atom. The van der Waals surface area contributed by atoms with Gasteiger partial charge in [-0.25, -0.2) is 13.1 Å². The normalized spacial score (nSPS) is 19.1. The van der Waals surface area contributed by atoms with Crippen LogP contribution in [0.25, 0.3) is 0 Å². The summed E-state index contributed by atoms with van der Waals surface area (Å²) in [5, 5.41) is 3.20. The molecule has 1 aliphatic rings. The van der Waals surface area contributed by atoms with E-state index in [1.165, 1.54) is 0 Å². The molecule has 6 heteroatoms. The van der Waals surface area contributed by atoms with E-state index in [0.29, 0.717) is 13.0 Å². The number of ether oxygens (including phenoxy) is 1. The predicted octanol–water partition coefficient (Wildman–Crippen LogP) is 0.909. The Morgan fingerprint density at radius 1 is 1.35 bits per heavy atom. The van der Waals surface area contributed by atoms with Gasteiger partial charge in [-0.15, -0.1) is 0 Å². The summed E-state index contributed by atoms with van der Waals surface area (Å²) in [5.41, 5.74) is 1.09. The Balaban J connectivity index is 1.76. The second kappa shape index (κ2) is 7.06. The van der Waals surface area contributed by atoms with Gasteiger partial charge in [-0.3, -0.25) is 0 Å². The second-order valence-corrected chi connectivity index (χ2v) is 6.92. The van der Waals surface area contributed by atoms with Crippen molar-refractivity contribution in [3.63, 3.8) is 0 Å². The minimum Gasteiger partial charge on any atom is -0.497 e. The van der Waals surface area contributed by atoms with E-state index in [-0.39, 0.29) is 11.8 Å². The molecule has 0 radical (unpaired) electrons. The highest BCUT2D eigenvalue weighted by molar-refractivity contribution is 7.89. The second-order valence-electron chi connectivity index (χ2n) is 5.07. The monoisotopic (exact) mass is 298 g/mol. The number of benzene rings is 1. The lowest BCUT2D eigenvalue weighted by atomic mass is 10.1. The molecule has 0 saturated carbocycles. The van der Waals surface area contributed by atoms with Crippen LogP contribution in [0, 0.1) is 0 Å². The van der Waals surface area contributed by atoms with Gasteiger partial charge in [0.15, 0.2) is 0 Å². The highest BCUT2D eigenvalue weighted by Gasteiger charge is 2.21. The zero-order valence-corrected chi connectivity index (χ0v) is 12.6. The molecule has 1 heterocycles. The van der Waals surface area contributed by atoms with Crippen molar-refractivity contribution in [2.45, 2.75) is 25.3 Å². The Labute approximate surface area is 120 Å². The van der Waals surface area contributed by atoms with Crippen LogP contribution in [0.2, 0.25) is 0 Å². The zero-order valence-electron chi connectivity index (χ0n) is 11.8. The maximum Gasteiger partial charge on any atom is 0.213 e. The number of hydrogen-bond donors (Lipinski definition) is 2. The fourth-order valence-electron chi connectivity index (χ4n) is 2.37. The first kappa shape index (κ1) is 15.3. The van der Waals surface area contributed by atoms with Crippen molar-refractivity contribution in [2.24, 2.45) is 0 Å². The molecule has 1 aliphatic heterocycles. The number of methoxy groups -OCH3 is 1. The van der Waals surface area contributed by atoms with Crippen LogP contribution in [0.1, 0.15) is 18.4 Å². The average Bonchev–Trinajstić information content (AvgIpc) is 2.91. The fourth-order valence-corrected chi connectivity index (χ4v) is 3.71. The minimum atomic E-state index is -3.19. The molecule has 1 saturated heterocycles. The average molecular weight is 298 g/mol. The third-order valence-electron chi connectivity index (χ3n) is 3.48. The van der Waals surface area contributed by atoms with E-state index >= 15 is 0 Å². The van der Waals surface area contributed by atoms with Gasteiger partial charge < -0.3 is 10.1 Å². The van der Waals surface area contributed by atoms with Crippen LogP contribution in [0.3, 0.4) is 0 Å². The molecule has 1 aromatic carbocycles. The van der Waals surface area contributed by atoms with Crippen LogP contribution in [0.15, 0.2) is 24.3 Å². The van der Waals surface area contributed by atoms with E-state index in [1.54, 1.807) is 7.11 Å². The third-order valence-corrected chi connectivity index (χ3v) is 4.96. The summed E-state index contributed by atoms with van der Waals surface area (Å²) in [5.74, 6) is 0.983. The molecule has 0 aliphatic carbocycles. The molecular weight excluding hydrogens is 276 g/mol. The molecule has 112 valence electrons. The van der Waals surface area contributed by atoms with E-state index in [9.17, 15) is 8.42 Å². The minimum absolute atomic E-state index is 0.105. The van der Waals surface area contributed by atoms with Gasteiger partial charge in [0.2, 0.25) is 10.0 Å². The molecule has 1 aromatic rings. The molecule has 0 amide bonds. The van der Waals surface area contributed by atoms with Crippen molar-refractivity contribution < 1.29 is 13.2 Å². The lowest BCUT2D eigenvalue weighted by molar-refractivity contribution is 0.414. The van der Waals surface area contributed by atoms with Crippen LogP contribution < -0.4 is 14.8 Å². The van der Waals surface area contributed by atoms with Crippen molar-refractivity contribution in [1.29, 1.82) is 0 Å². The highest BCUT2D eigenvalue weighted by atomic mass is 32.2. The molecule has 20 heavy (non-hydrogen) atoms. The smallest absolute Gasteiger partial charge is 0.213 e. The van der Waals surface area contributed by atoms with Gasteiger partial charge in [0.1, 0.15) is 5.75 Å². The van der Waals surface area contributed by atoms with Crippen molar-refractivity contribution >= 4 is 10.0 Å². The van der Waals surface area contributed by atoms with Crippen LogP contribution in [-0.4, -0.2) is 40.4 Å². The maximum atomic E-state index is 11.9. The first-order valence-electron chi connectivity index (χ1n) is 6.93. The van der Waals surface area contributed by atoms with Gasteiger partial charge in [-0.1, -0.05) is 12.1 Å². The van der Waals surface area contributed by atoms with E-state index in [2.05, 4.69) is 10.0 Å². The fraction of sp³-hybridized carbons (Fsp3) is 0.571. The predicted molar refractivity (Wildman–Crippen MR) is 79.5 cm³/mol. The van der Waals surface area contributed by atoms with Gasteiger partial charge in [-0.2, -0.15) is 0 Å². The summed E-state index contributed by atoms with van der Waals surface area (Å²) in [4.78, 5) is 0. The van der Waals surface area contributed by atoms with Crippen molar-refractivity contribution in [2.75, 3.05) is 26.0 Å². The SMILES string of the molecule is COc1ccc(CCNS(=O)(=O)CC2CCCN2)cc1. The quantitative estimate of drug-likeness (QED) is 0.785. The summed E-state index contributed by atoms with van der Waals surface area (Å²) >= 11 is 0. The lowest BCUT2D eigenvalue weighted by Gasteiger charge is -2.12. The molecule has 2 N–H and O–H groups in total. The van der Waals surface area contributed by atoms with Crippen molar-refractivity contribution in [1.82, 2.24) is 10.0 Å². The van der Waals surface area contributed by atoms with Crippen molar-refractivity contribution in [3.05, 3.63) is 29.8 Å². The lowest BCUT2D eigenvalue weighted by Crippen LogP contribution is -2.37. The third kappa shape index (κ3) is 4.77. The summed E-state index contributed by atoms with van der Waals surface area (Å²) in [6, 6.07) is 7.77. The van der Waals surface area contributed by atoms with E-state index in [1.807, 2.05) is 24.3 Å². The Bertz CT molecular complexity index is 508. The molecule has 1 atom stereocenters. The molecule has 1 fully saturated rings. The maximum absolute atomic E-state index is 11.9. The van der Waals surface area contributed by atoms with Gasteiger partial charge in [0, 0.05) is 12.6 Å². The van der Waals surface area contributed by atoms with Crippen LogP contribution >= 0.6 is 0 Å². The number of sulfonamides is 1. The topological polar surface area (TPSA) is 67.4 Å². The first-order chi connectivity index (χ1) is 9.59. The largest absolute Gasteiger partial charge is 0.497 e. The summed E-state index contributed by atoms with van der Waals surface area (Å²) in [6.07, 6.45) is 2.69. The van der Waals surface area contributed by atoms with E-state index in [0.717, 1.165) is 30.7 Å². The zero-order chi connectivity index (χ0) is 14.4. The van der Waals surface area contributed by atoms with E-state index < -0.39 is 10.0 Å². The summed E-state index contributed by atoms with van der Waals surface area (Å²) in [7, 11) is -1.56. The molecule has 1 unspecified atom stereocenters. The molecular formula is C14H22N2O3S. The molecule has 2 rings (SSSR count). The molecule has 0 spiro atoms. The van der Waals surface area contributed by atoms with Gasteiger partial charge in [0.05, 0.1) is 12.9 Å². The van der Waals surface area contributed by atoms with Crippen LogP contribution in [0.4, 0.5) is 0 Å². The molecule has 5 nitrogen and oxygen atoms in total. The molecule has 0 bridgehead atoms. The van der Waals surface area contributed by atoms with Crippen molar-refractivity contribution in [3.8, 4) is 5.75 Å². The van der Waals surface area contributed by atoms with Crippen LogP contribution in [-0.2, 0) is 16.4 Å². The Morgan fingerprint density at radius 3 is 2.70 bits per heavy atom. The van der Waals surface area contributed by atoms with Gasteiger partial charge in [-0.05, 0) is 43.5 Å². The standard InChI is InChI=1S/C14H22N2O3S/c1-19-14-6-4-12(5-7-14)8-10-16-20(17,18)11-13-3-2-9-15-13/h4-7,13,15-16H,2-3,8-11H2,1H3. The number of hydrogen-bond acceptors (Lipinski definition) is 4. The van der Waals surface area contributed by atoms with E-state index in [4.69, 9.17) is 4.74 Å². The summed E-state index contributed by atoms with van der Waals surface area (Å²) in [6.45, 7) is 1.35. The molecule has 0 aromatic heterocycles. The highest BCUT2D eigenvalue weighted by Crippen LogP contribution is 2.11. The van der Waals surface area contributed by atoms with Gasteiger partial charge >= 0.3 is 0 Å². The summed E-state index contributed by atoms with van der Waals surface area (Å²) < 4.78 is 31.6. The Hall–Kier alpha value is -1.11. The first-order valence-corrected chi connectivity index (χ1v) is 8.58. The van der Waals surface area contributed by atoms with Crippen LogP contribution in [0.5, 0.6) is 5.75 Å². The Kier molecular flexibility index (Phi) is 5.39. The number of nitrogens with one attached hydrogen (secondary N) is 2. The van der Waals surface area contributed by atoms with Gasteiger partial charge in [0.25, 0.3) is 0 Å². The number of rotatable bonds is 7.